The molecule has 114 valence electrons. The molecule has 6 heteroatoms. The first-order valence-corrected chi connectivity index (χ1v) is 6.84. The molecule has 0 radical (unpaired) electrons. The van der Waals surface area contributed by atoms with Gasteiger partial charge in [0.25, 0.3) is 0 Å². The molecule has 1 atom stereocenters. The topological polar surface area (TPSA) is 92.9 Å². The zero-order valence-electron chi connectivity index (χ0n) is 12.0. The number of rotatable bonds is 6. The van der Waals surface area contributed by atoms with Gasteiger partial charge in [-0.25, -0.2) is 4.79 Å². The summed E-state index contributed by atoms with van der Waals surface area (Å²) in [5.74, 6) is -1.05. The first-order valence-electron chi connectivity index (χ1n) is 6.84. The molecule has 0 bridgehead atoms. The van der Waals surface area contributed by atoms with Crippen molar-refractivity contribution < 1.29 is 19.4 Å². The molecule has 1 fully saturated rings. The lowest BCUT2D eigenvalue weighted by Crippen LogP contribution is -2.63. The number of nitrogens with zero attached hydrogens (tertiary/aromatic N) is 1. The van der Waals surface area contributed by atoms with Gasteiger partial charge in [0, 0.05) is 12.5 Å². The van der Waals surface area contributed by atoms with Gasteiger partial charge in [-0.2, -0.15) is 0 Å². The van der Waals surface area contributed by atoms with E-state index in [1.807, 2.05) is 30.3 Å². The Morgan fingerprint density at radius 3 is 2.57 bits per heavy atom. The van der Waals surface area contributed by atoms with Crippen LogP contribution in [0.3, 0.4) is 0 Å². The zero-order valence-corrected chi connectivity index (χ0v) is 12.0. The Kier molecular flexibility index (Phi) is 4.59. The second kappa shape index (κ2) is 6.24. The molecule has 0 saturated carbocycles. The van der Waals surface area contributed by atoms with Gasteiger partial charge in [0.2, 0.25) is 5.91 Å². The summed E-state index contributed by atoms with van der Waals surface area (Å²) in [5, 5.41) is 8.59. The van der Waals surface area contributed by atoms with Crippen LogP contribution in [0, 0.1) is 0 Å². The van der Waals surface area contributed by atoms with E-state index in [1.165, 1.54) is 0 Å². The van der Waals surface area contributed by atoms with E-state index < -0.39 is 11.6 Å². The molecule has 0 spiro atoms. The summed E-state index contributed by atoms with van der Waals surface area (Å²) in [4.78, 5) is 24.2. The lowest BCUT2D eigenvalue weighted by atomic mass is 9.94. The fraction of sp³-hybridized carbons (Fsp3) is 0.467. The molecule has 21 heavy (non-hydrogen) atoms. The summed E-state index contributed by atoms with van der Waals surface area (Å²) in [6.07, 6.45) is 0.235. The van der Waals surface area contributed by atoms with E-state index in [9.17, 15) is 9.59 Å². The van der Waals surface area contributed by atoms with Crippen LogP contribution in [-0.4, -0.2) is 47.2 Å². The van der Waals surface area contributed by atoms with Crippen LogP contribution in [0.2, 0.25) is 0 Å². The molecule has 1 aliphatic rings. The molecular formula is C15H20N2O4. The molecular weight excluding hydrogens is 272 g/mol. The summed E-state index contributed by atoms with van der Waals surface area (Å²) >= 11 is 0. The fourth-order valence-electron chi connectivity index (χ4n) is 2.40. The van der Waals surface area contributed by atoms with Crippen molar-refractivity contribution in [3.05, 3.63) is 35.9 Å². The van der Waals surface area contributed by atoms with E-state index in [2.05, 4.69) is 0 Å². The number of hydrogen-bond acceptors (Lipinski definition) is 4. The van der Waals surface area contributed by atoms with Gasteiger partial charge < -0.3 is 20.5 Å². The van der Waals surface area contributed by atoms with Crippen molar-refractivity contribution in [3.8, 4) is 0 Å². The van der Waals surface area contributed by atoms with Gasteiger partial charge in [0.1, 0.15) is 12.2 Å². The average molecular weight is 292 g/mol. The third-order valence-corrected chi connectivity index (χ3v) is 3.57. The smallest absolute Gasteiger partial charge is 0.329 e. The molecule has 1 aromatic carbocycles. The lowest BCUT2D eigenvalue weighted by molar-refractivity contribution is -0.173. The van der Waals surface area contributed by atoms with E-state index in [0.29, 0.717) is 13.1 Å². The molecule has 0 aliphatic carbocycles. The molecule has 6 nitrogen and oxygen atoms in total. The lowest BCUT2D eigenvalue weighted by Gasteiger charge is -2.47. The van der Waals surface area contributed by atoms with E-state index in [4.69, 9.17) is 15.6 Å². The molecule has 1 saturated heterocycles. The number of carboxylic acids is 1. The minimum Gasteiger partial charge on any atom is -0.480 e. The Balaban J connectivity index is 1.80. The first kappa shape index (κ1) is 15.5. The highest BCUT2D eigenvalue weighted by atomic mass is 16.5. The van der Waals surface area contributed by atoms with Crippen LogP contribution in [0.25, 0.3) is 0 Å². The van der Waals surface area contributed by atoms with Gasteiger partial charge in [-0.05, 0) is 12.5 Å². The van der Waals surface area contributed by atoms with E-state index in [0.717, 1.165) is 5.56 Å². The number of likely N-dealkylation sites (tertiary alicyclic amines) is 1. The predicted molar refractivity (Wildman–Crippen MR) is 76.6 cm³/mol. The van der Waals surface area contributed by atoms with Crippen molar-refractivity contribution in [1.82, 2.24) is 4.90 Å². The second-order valence-corrected chi connectivity index (χ2v) is 5.60. The highest BCUT2D eigenvalue weighted by Gasteiger charge is 2.42. The quantitative estimate of drug-likeness (QED) is 0.808. The Hall–Kier alpha value is -1.92. The SMILES string of the molecule is CC1(OCC(=O)O)CN(C(=O)CC(N)c2ccccc2)C1. The molecule has 1 amide bonds. The maximum absolute atomic E-state index is 12.1. The Labute approximate surface area is 123 Å². The molecule has 1 aliphatic heterocycles. The number of nitrogens with two attached hydrogens (primary N) is 1. The van der Waals surface area contributed by atoms with E-state index >= 15 is 0 Å². The minimum absolute atomic E-state index is 0.0391. The van der Waals surface area contributed by atoms with Crippen molar-refractivity contribution in [2.24, 2.45) is 5.73 Å². The number of benzene rings is 1. The summed E-state index contributed by atoms with van der Waals surface area (Å²) in [5.41, 5.74) is 6.38. The molecule has 1 aromatic rings. The Morgan fingerprint density at radius 1 is 1.38 bits per heavy atom. The van der Waals surface area contributed by atoms with Crippen LogP contribution in [-0.2, 0) is 14.3 Å². The Bertz CT molecular complexity index is 512. The summed E-state index contributed by atoms with van der Waals surface area (Å²) in [6, 6.07) is 9.15. The van der Waals surface area contributed by atoms with Crippen LogP contribution in [0.1, 0.15) is 24.9 Å². The van der Waals surface area contributed by atoms with Gasteiger partial charge >= 0.3 is 5.97 Å². The second-order valence-electron chi connectivity index (χ2n) is 5.60. The van der Waals surface area contributed by atoms with Crippen molar-refractivity contribution >= 4 is 11.9 Å². The Morgan fingerprint density at radius 2 is 2.00 bits per heavy atom. The highest BCUT2D eigenvalue weighted by molar-refractivity contribution is 5.78. The number of aliphatic carboxylic acids is 1. The van der Waals surface area contributed by atoms with Gasteiger partial charge in [0.05, 0.1) is 13.1 Å². The monoisotopic (exact) mass is 292 g/mol. The first-order chi connectivity index (χ1) is 9.89. The molecule has 2 rings (SSSR count). The third-order valence-electron chi connectivity index (χ3n) is 3.57. The number of carbonyl (C=O) groups is 2. The standard InChI is InChI=1S/C15H20N2O4/c1-15(21-8-14(19)20)9-17(10-15)13(18)7-12(16)11-5-3-2-4-6-11/h2-6,12H,7-10,16H2,1H3,(H,19,20). The molecule has 1 heterocycles. The van der Waals surface area contributed by atoms with Crippen LogP contribution in [0.4, 0.5) is 0 Å². The number of carbonyl (C=O) groups excluding carboxylic acids is 1. The van der Waals surface area contributed by atoms with Crippen molar-refractivity contribution in [2.45, 2.75) is 25.0 Å². The van der Waals surface area contributed by atoms with Gasteiger partial charge in [-0.15, -0.1) is 0 Å². The summed E-state index contributed by atoms with van der Waals surface area (Å²) < 4.78 is 5.27. The highest BCUT2D eigenvalue weighted by Crippen LogP contribution is 2.26. The predicted octanol–water partition coefficient (Wildman–Crippen LogP) is 0.779. The van der Waals surface area contributed by atoms with Gasteiger partial charge in [-0.3, -0.25) is 4.79 Å². The van der Waals surface area contributed by atoms with E-state index in [1.54, 1.807) is 11.8 Å². The van der Waals surface area contributed by atoms with E-state index in [-0.39, 0.29) is 25.0 Å². The van der Waals surface area contributed by atoms with Gasteiger partial charge in [-0.1, -0.05) is 30.3 Å². The van der Waals surface area contributed by atoms with Crippen LogP contribution in [0.15, 0.2) is 30.3 Å². The maximum Gasteiger partial charge on any atom is 0.329 e. The minimum atomic E-state index is -1.01. The third kappa shape index (κ3) is 4.03. The maximum atomic E-state index is 12.1. The summed E-state index contributed by atoms with van der Waals surface area (Å²) in [7, 11) is 0. The number of amides is 1. The number of carboxylic acid groups (broad SMARTS) is 1. The fourth-order valence-corrected chi connectivity index (χ4v) is 2.40. The molecule has 0 aromatic heterocycles. The molecule has 1 unspecified atom stereocenters. The normalized spacial score (nSPS) is 17.9. The van der Waals surface area contributed by atoms with Gasteiger partial charge in [0.15, 0.2) is 0 Å². The molecule has 3 N–H and O–H groups in total. The van der Waals surface area contributed by atoms with Crippen molar-refractivity contribution in [1.29, 1.82) is 0 Å². The number of hydrogen-bond donors (Lipinski definition) is 2. The summed E-state index contributed by atoms with van der Waals surface area (Å²) in [6.45, 7) is 2.26. The van der Waals surface area contributed by atoms with Crippen LogP contribution < -0.4 is 5.73 Å². The zero-order chi connectivity index (χ0) is 15.5. The largest absolute Gasteiger partial charge is 0.480 e. The average Bonchev–Trinajstić information content (AvgIpc) is 2.43. The van der Waals surface area contributed by atoms with Crippen LogP contribution in [0.5, 0.6) is 0 Å². The number of ether oxygens (including phenoxy) is 1. The van der Waals surface area contributed by atoms with Crippen LogP contribution >= 0.6 is 0 Å². The van der Waals surface area contributed by atoms with Crippen molar-refractivity contribution in [3.63, 3.8) is 0 Å². The van der Waals surface area contributed by atoms with Crippen molar-refractivity contribution in [2.75, 3.05) is 19.7 Å².